The lowest BCUT2D eigenvalue weighted by atomic mass is 9.96. The van der Waals surface area contributed by atoms with E-state index >= 15 is 0 Å². The molecule has 3 nitrogen and oxygen atoms in total. The normalized spacial score (nSPS) is 23.8. The monoisotopic (exact) mass is 236 g/mol. The van der Waals surface area contributed by atoms with Crippen LogP contribution in [0, 0.1) is 0 Å². The summed E-state index contributed by atoms with van der Waals surface area (Å²) in [6.45, 7) is 4.63. The summed E-state index contributed by atoms with van der Waals surface area (Å²) in [4.78, 5) is 2.64. The Labute approximate surface area is 104 Å². The van der Waals surface area contributed by atoms with Crippen molar-refractivity contribution in [3.8, 4) is 0 Å². The molecule has 0 radical (unpaired) electrons. The van der Waals surface area contributed by atoms with Crippen molar-refractivity contribution in [2.45, 2.75) is 44.7 Å². The van der Waals surface area contributed by atoms with E-state index in [4.69, 9.17) is 4.42 Å². The van der Waals surface area contributed by atoms with Crippen LogP contribution in [0.15, 0.2) is 23.0 Å². The molecule has 1 aliphatic rings. The van der Waals surface area contributed by atoms with Gasteiger partial charge < -0.3 is 9.73 Å². The van der Waals surface area contributed by atoms with Gasteiger partial charge in [-0.3, -0.25) is 4.90 Å². The minimum absolute atomic E-state index is 0.482. The molecule has 17 heavy (non-hydrogen) atoms. The first-order valence-electron chi connectivity index (χ1n) is 6.75. The molecule has 1 N–H and O–H groups in total. The van der Waals surface area contributed by atoms with Gasteiger partial charge in [-0.05, 0) is 52.4 Å². The number of piperidine rings is 1. The first-order chi connectivity index (χ1) is 8.33. The van der Waals surface area contributed by atoms with E-state index < -0.39 is 0 Å². The molecule has 1 saturated heterocycles. The molecule has 1 aromatic heterocycles. The van der Waals surface area contributed by atoms with Crippen molar-refractivity contribution in [2.24, 2.45) is 0 Å². The number of nitrogens with one attached hydrogen (secondary N) is 1. The average Bonchev–Trinajstić information content (AvgIpc) is 2.89. The lowest BCUT2D eigenvalue weighted by Crippen LogP contribution is -2.42. The zero-order valence-corrected chi connectivity index (χ0v) is 11.0. The molecule has 0 saturated carbocycles. The third-order valence-electron chi connectivity index (χ3n) is 3.92. The highest BCUT2D eigenvalue weighted by Crippen LogP contribution is 2.29. The van der Waals surface area contributed by atoms with Gasteiger partial charge >= 0.3 is 0 Å². The minimum atomic E-state index is 0.482. The van der Waals surface area contributed by atoms with Gasteiger partial charge in [-0.15, -0.1) is 0 Å². The number of hydrogen-bond acceptors (Lipinski definition) is 3. The van der Waals surface area contributed by atoms with E-state index in [0.717, 1.165) is 12.6 Å². The molecule has 0 aliphatic carbocycles. The lowest BCUT2D eigenvalue weighted by molar-refractivity contribution is 0.0968. The SMILES string of the molecule is CNCCC1CCCCN1C(C)c1ccoc1. The summed E-state index contributed by atoms with van der Waals surface area (Å²) in [5, 5.41) is 3.26. The summed E-state index contributed by atoms with van der Waals surface area (Å²) >= 11 is 0. The summed E-state index contributed by atoms with van der Waals surface area (Å²) in [6, 6.07) is 3.30. The Balaban J connectivity index is 2.00. The largest absolute Gasteiger partial charge is 0.472 e. The van der Waals surface area contributed by atoms with Crippen LogP contribution in [0.25, 0.3) is 0 Å². The van der Waals surface area contributed by atoms with Gasteiger partial charge in [0, 0.05) is 17.6 Å². The maximum absolute atomic E-state index is 5.20. The van der Waals surface area contributed by atoms with Crippen LogP contribution in [0.1, 0.15) is 44.2 Å². The Morgan fingerprint density at radius 2 is 2.41 bits per heavy atom. The van der Waals surface area contributed by atoms with Crippen LogP contribution in [-0.2, 0) is 0 Å². The predicted molar refractivity (Wildman–Crippen MR) is 70.0 cm³/mol. The molecule has 2 rings (SSSR count). The van der Waals surface area contributed by atoms with E-state index in [1.54, 1.807) is 6.26 Å². The maximum atomic E-state index is 5.20. The van der Waals surface area contributed by atoms with Crippen LogP contribution >= 0.6 is 0 Å². The molecule has 2 unspecified atom stereocenters. The van der Waals surface area contributed by atoms with Gasteiger partial charge in [-0.1, -0.05) is 6.42 Å². The molecule has 96 valence electrons. The quantitative estimate of drug-likeness (QED) is 0.852. The van der Waals surface area contributed by atoms with Crippen molar-refractivity contribution in [3.63, 3.8) is 0 Å². The third-order valence-corrected chi connectivity index (χ3v) is 3.92. The summed E-state index contributed by atoms with van der Waals surface area (Å²) in [7, 11) is 2.03. The first kappa shape index (κ1) is 12.7. The number of hydrogen-bond donors (Lipinski definition) is 1. The van der Waals surface area contributed by atoms with E-state index in [1.807, 2.05) is 13.3 Å². The number of likely N-dealkylation sites (tertiary alicyclic amines) is 1. The Hall–Kier alpha value is -0.800. The third kappa shape index (κ3) is 3.11. The molecule has 0 amide bonds. The Morgan fingerprint density at radius 3 is 3.12 bits per heavy atom. The Bertz CT molecular complexity index is 310. The van der Waals surface area contributed by atoms with Crippen LogP contribution in [-0.4, -0.2) is 31.1 Å². The molecule has 0 spiro atoms. The van der Waals surface area contributed by atoms with Gasteiger partial charge in [0.1, 0.15) is 0 Å². The van der Waals surface area contributed by atoms with Gasteiger partial charge in [-0.25, -0.2) is 0 Å². The molecule has 0 bridgehead atoms. The van der Waals surface area contributed by atoms with Gasteiger partial charge in [-0.2, -0.15) is 0 Å². The molecular weight excluding hydrogens is 212 g/mol. The fourth-order valence-electron chi connectivity index (χ4n) is 2.86. The van der Waals surface area contributed by atoms with Gasteiger partial charge in [0.2, 0.25) is 0 Å². The van der Waals surface area contributed by atoms with Crippen molar-refractivity contribution < 1.29 is 4.42 Å². The van der Waals surface area contributed by atoms with Crippen LogP contribution in [0.5, 0.6) is 0 Å². The van der Waals surface area contributed by atoms with Crippen molar-refractivity contribution in [2.75, 3.05) is 20.1 Å². The summed E-state index contributed by atoms with van der Waals surface area (Å²) in [5.41, 5.74) is 1.31. The topological polar surface area (TPSA) is 28.4 Å². The Kier molecular flexibility index (Phi) is 4.63. The number of nitrogens with zero attached hydrogens (tertiary/aromatic N) is 1. The second kappa shape index (κ2) is 6.22. The average molecular weight is 236 g/mol. The van der Waals surface area contributed by atoms with E-state index in [-0.39, 0.29) is 0 Å². The number of rotatable bonds is 5. The molecular formula is C14H24N2O. The van der Waals surface area contributed by atoms with Gasteiger partial charge in [0.15, 0.2) is 0 Å². The molecule has 0 aromatic carbocycles. The first-order valence-corrected chi connectivity index (χ1v) is 6.75. The Morgan fingerprint density at radius 1 is 1.53 bits per heavy atom. The summed E-state index contributed by atoms with van der Waals surface area (Å²) < 4.78 is 5.20. The van der Waals surface area contributed by atoms with Gasteiger partial charge in [0.05, 0.1) is 12.5 Å². The van der Waals surface area contributed by atoms with Crippen LogP contribution in [0.4, 0.5) is 0 Å². The smallest absolute Gasteiger partial charge is 0.0950 e. The second-order valence-electron chi connectivity index (χ2n) is 5.01. The van der Waals surface area contributed by atoms with Crippen LogP contribution in [0.2, 0.25) is 0 Å². The van der Waals surface area contributed by atoms with E-state index in [0.29, 0.717) is 6.04 Å². The van der Waals surface area contributed by atoms with Crippen LogP contribution in [0.3, 0.4) is 0 Å². The van der Waals surface area contributed by atoms with E-state index in [2.05, 4.69) is 23.2 Å². The molecule has 2 heterocycles. The highest BCUT2D eigenvalue weighted by molar-refractivity contribution is 5.11. The molecule has 1 aliphatic heterocycles. The van der Waals surface area contributed by atoms with Crippen molar-refractivity contribution in [1.29, 1.82) is 0 Å². The molecule has 3 heteroatoms. The van der Waals surface area contributed by atoms with Crippen LogP contribution < -0.4 is 5.32 Å². The lowest BCUT2D eigenvalue weighted by Gasteiger charge is -2.39. The second-order valence-corrected chi connectivity index (χ2v) is 5.01. The minimum Gasteiger partial charge on any atom is -0.472 e. The zero-order valence-electron chi connectivity index (χ0n) is 11.0. The maximum Gasteiger partial charge on any atom is 0.0950 e. The standard InChI is InChI=1S/C14H24N2O/c1-12(13-7-10-17-11-13)16-9-4-3-5-14(16)6-8-15-2/h7,10-12,14-15H,3-6,8-9H2,1-2H3. The fourth-order valence-corrected chi connectivity index (χ4v) is 2.86. The highest BCUT2D eigenvalue weighted by Gasteiger charge is 2.27. The summed E-state index contributed by atoms with van der Waals surface area (Å²) in [6.07, 6.45) is 8.95. The van der Waals surface area contributed by atoms with Crippen molar-refractivity contribution >= 4 is 0 Å². The van der Waals surface area contributed by atoms with E-state index in [9.17, 15) is 0 Å². The zero-order chi connectivity index (χ0) is 12.1. The summed E-state index contributed by atoms with van der Waals surface area (Å²) in [5.74, 6) is 0. The molecule has 2 atom stereocenters. The predicted octanol–water partition coefficient (Wildman–Crippen LogP) is 2.80. The fraction of sp³-hybridized carbons (Fsp3) is 0.714. The van der Waals surface area contributed by atoms with E-state index in [1.165, 1.54) is 37.8 Å². The molecule has 1 aromatic rings. The van der Waals surface area contributed by atoms with Gasteiger partial charge in [0.25, 0.3) is 0 Å². The number of furan rings is 1. The van der Waals surface area contributed by atoms with Crippen molar-refractivity contribution in [3.05, 3.63) is 24.2 Å². The molecule has 1 fully saturated rings. The highest BCUT2D eigenvalue weighted by atomic mass is 16.3. The van der Waals surface area contributed by atoms with Crippen molar-refractivity contribution in [1.82, 2.24) is 10.2 Å².